The lowest BCUT2D eigenvalue weighted by molar-refractivity contribution is 0.0939. The Labute approximate surface area is 123 Å². The maximum Gasteiger partial charge on any atom is 0.255 e. The molecule has 1 aromatic carbocycles. The van der Waals surface area contributed by atoms with E-state index in [2.05, 4.69) is 27.4 Å². The van der Waals surface area contributed by atoms with Crippen molar-refractivity contribution < 1.29 is 4.79 Å². The van der Waals surface area contributed by atoms with Crippen molar-refractivity contribution >= 4 is 5.91 Å². The number of rotatable bonds is 3. The summed E-state index contributed by atoms with van der Waals surface area (Å²) in [6.45, 7) is 4.10. The van der Waals surface area contributed by atoms with E-state index in [1.165, 1.54) is 6.20 Å². The van der Waals surface area contributed by atoms with Crippen LogP contribution in [0.3, 0.4) is 0 Å². The maximum absolute atomic E-state index is 12.1. The average Bonchev–Trinajstić information content (AvgIpc) is 2.91. The predicted molar refractivity (Wildman–Crippen MR) is 81.6 cm³/mol. The SMILES string of the molecule is Cc1[nH]ncc1C(=O)NC(C)c1ccc(C#CCN)cc1. The highest BCUT2D eigenvalue weighted by molar-refractivity contribution is 5.95. The Kier molecular flexibility index (Phi) is 4.75. The number of nitrogens with one attached hydrogen (secondary N) is 2. The molecule has 0 saturated carbocycles. The lowest BCUT2D eigenvalue weighted by Gasteiger charge is -2.14. The molecule has 1 unspecified atom stereocenters. The summed E-state index contributed by atoms with van der Waals surface area (Å²) in [5, 5.41) is 9.55. The third-order valence-corrected chi connectivity index (χ3v) is 3.17. The van der Waals surface area contributed by atoms with Gasteiger partial charge in [-0.25, -0.2) is 0 Å². The van der Waals surface area contributed by atoms with E-state index < -0.39 is 0 Å². The molecular weight excluding hydrogens is 264 g/mol. The summed E-state index contributed by atoms with van der Waals surface area (Å²) in [5.74, 6) is 5.64. The fraction of sp³-hybridized carbons (Fsp3) is 0.250. The second-order valence-corrected chi connectivity index (χ2v) is 4.73. The van der Waals surface area contributed by atoms with Gasteiger partial charge < -0.3 is 11.1 Å². The lowest BCUT2D eigenvalue weighted by Crippen LogP contribution is -2.26. The van der Waals surface area contributed by atoms with Crippen LogP contribution in [-0.2, 0) is 0 Å². The first-order valence-electron chi connectivity index (χ1n) is 6.71. The number of nitrogens with two attached hydrogens (primary N) is 1. The van der Waals surface area contributed by atoms with Gasteiger partial charge >= 0.3 is 0 Å². The zero-order chi connectivity index (χ0) is 15.2. The van der Waals surface area contributed by atoms with E-state index in [4.69, 9.17) is 5.73 Å². The Morgan fingerprint density at radius 2 is 2.14 bits per heavy atom. The van der Waals surface area contributed by atoms with Gasteiger partial charge in [0.2, 0.25) is 0 Å². The summed E-state index contributed by atoms with van der Waals surface area (Å²) in [5.41, 5.74) is 8.59. The van der Waals surface area contributed by atoms with E-state index in [1.54, 1.807) is 0 Å². The molecule has 4 N–H and O–H groups in total. The van der Waals surface area contributed by atoms with Gasteiger partial charge in [0, 0.05) is 11.3 Å². The van der Waals surface area contributed by atoms with Crippen LogP contribution in [0, 0.1) is 18.8 Å². The van der Waals surface area contributed by atoms with Crippen LogP contribution >= 0.6 is 0 Å². The zero-order valence-electron chi connectivity index (χ0n) is 12.1. The van der Waals surface area contributed by atoms with Gasteiger partial charge in [0.1, 0.15) is 0 Å². The number of carbonyl (C=O) groups excluding carboxylic acids is 1. The number of benzene rings is 1. The molecule has 0 saturated heterocycles. The van der Waals surface area contributed by atoms with Gasteiger partial charge in [-0.15, -0.1) is 0 Å². The fourth-order valence-electron chi connectivity index (χ4n) is 1.95. The van der Waals surface area contributed by atoms with Crippen LogP contribution < -0.4 is 11.1 Å². The molecule has 0 bridgehead atoms. The van der Waals surface area contributed by atoms with E-state index in [-0.39, 0.29) is 11.9 Å². The molecule has 1 amide bonds. The van der Waals surface area contributed by atoms with Crippen molar-refractivity contribution in [1.82, 2.24) is 15.5 Å². The molecule has 5 nitrogen and oxygen atoms in total. The highest BCUT2D eigenvalue weighted by Gasteiger charge is 2.14. The molecule has 0 aliphatic carbocycles. The first-order valence-corrected chi connectivity index (χ1v) is 6.71. The summed E-state index contributed by atoms with van der Waals surface area (Å²) in [7, 11) is 0. The molecule has 2 rings (SSSR count). The van der Waals surface area contributed by atoms with Gasteiger partial charge in [0.15, 0.2) is 0 Å². The number of hydrogen-bond donors (Lipinski definition) is 3. The van der Waals surface area contributed by atoms with E-state index in [0.29, 0.717) is 12.1 Å². The first kappa shape index (κ1) is 14.8. The Morgan fingerprint density at radius 1 is 1.43 bits per heavy atom. The van der Waals surface area contributed by atoms with Gasteiger partial charge in [0.05, 0.1) is 24.3 Å². The number of aromatic nitrogens is 2. The average molecular weight is 282 g/mol. The van der Waals surface area contributed by atoms with Crippen molar-refractivity contribution in [3.8, 4) is 11.8 Å². The van der Waals surface area contributed by atoms with Crippen molar-refractivity contribution in [3.05, 3.63) is 52.8 Å². The first-order chi connectivity index (χ1) is 10.1. The van der Waals surface area contributed by atoms with Crippen molar-refractivity contribution in [1.29, 1.82) is 0 Å². The molecule has 1 aromatic heterocycles. The summed E-state index contributed by atoms with van der Waals surface area (Å²) < 4.78 is 0. The molecule has 0 aliphatic heterocycles. The summed E-state index contributed by atoms with van der Waals surface area (Å²) in [6.07, 6.45) is 1.53. The smallest absolute Gasteiger partial charge is 0.255 e. The largest absolute Gasteiger partial charge is 0.345 e. The normalized spacial score (nSPS) is 11.4. The van der Waals surface area contributed by atoms with Crippen LogP contribution in [0.4, 0.5) is 0 Å². The number of amides is 1. The second-order valence-electron chi connectivity index (χ2n) is 4.73. The van der Waals surface area contributed by atoms with Gasteiger partial charge in [-0.1, -0.05) is 24.0 Å². The standard InChI is InChI=1S/C16H18N4O/c1-11(19-16(21)15-10-18-20-12(15)2)14-7-5-13(6-8-14)4-3-9-17/h5-8,10-11H,9,17H2,1-2H3,(H,18,20)(H,19,21). The summed E-state index contributed by atoms with van der Waals surface area (Å²) >= 11 is 0. The molecule has 0 aliphatic rings. The van der Waals surface area contributed by atoms with Crippen LogP contribution in [0.1, 0.15) is 40.1 Å². The van der Waals surface area contributed by atoms with E-state index in [0.717, 1.165) is 16.8 Å². The van der Waals surface area contributed by atoms with E-state index >= 15 is 0 Å². The van der Waals surface area contributed by atoms with Gasteiger partial charge in [-0.2, -0.15) is 5.10 Å². The second kappa shape index (κ2) is 6.73. The lowest BCUT2D eigenvalue weighted by atomic mass is 10.1. The molecule has 0 radical (unpaired) electrons. The number of carbonyl (C=O) groups is 1. The third kappa shape index (κ3) is 3.71. The van der Waals surface area contributed by atoms with Crippen LogP contribution in [0.5, 0.6) is 0 Å². The summed E-state index contributed by atoms with van der Waals surface area (Å²) in [4.78, 5) is 12.1. The number of nitrogens with zero attached hydrogens (tertiary/aromatic N) is 1. The minimum atomic E-state index is -0.138. The van der Waals surface area contributed by atoms with Crippen LogP contribution in [-0.4, -0.2) is 22.6 Å². The minimum absolute atomic E-state index is 0.0942. The van der Waals surface area contributed by atoms with E-state index in [1.807, 2.05) is 38.1 Å². The van der Waals surface area contributed by atoms with Gasteiger partial charge in [-0.05, 0) is 31.5 Å². The topological polar surface area (TPSA) is 83.8 Å². The summed E-state index contributed by atoms with van der Waals surface area (Å²) in [6, 6.07) is 7.65. The number of H-pyrrole nitrogens is 1. The van der Waals surface area contributed by atoms with Crippen LogP contribution in [0.15, 0.2) is 30.5 Å². The minimum Gasteiger partial charge on any atom is -0.345 e. The van der Waals surface area contributed by atoms with Crippen molar-refractivity contribution in [2.45, 2.75) is 19.9 Å². The quantitative estimate of drug-likeness (QED) is 0.746. The molecule has 2 aromatic rings. The fourth-order valence-corrected chi connectivity index (χ4v) is 1.95. The Balaban J connectivity index is 2.05. The Bertz CT molecular complexity index is 676. The number of aryl methyl sites for hydroxylation is 1. The Hall–Kier alpha value is -2.58. The molecule has 21 heavy (non-hydrogen) atoms. The van der Waals surface area contributed by atoms with Crippen molar-refractivity contribution in [3.63, 3.8) is 0 Å². The molecule has 1 heterocycles. The Morgan fingerprint density at radius 3 is 2.71 bits per heavy atom. The number of hydrogen-bond acceptors (Lipinski definition) is 3. The maximum atomic E-state index is 12.1. The molecule has 1 atom stereocenters. The van der Waals surface area contributed by atoms with Gasteiger partial charge in [-0.3, -0.25) is 9.89 Å². The molecule has 108 valence electrons. The molecule has 0 spiro atoms. The van der Waals surface area contributed by atoms with Gasteiger partial charge in [0.25, 0.3) is 5.91 Å². The van der Waals surface area contributed by atoms with E-state index in [9.17, 15) is 4.79 Å². The van der Waals surface area contributed by atoms with Crippen molar-refractivity contribution in [2.75, 3.05) is 6.54 Å². The highest BCUT2D eigenvalue weighted by Crippen LogP contribution is 2.14. The predicted octanol–water partition coefficient (Wildman–Crippen LogP) is 1.52. The number of aromatic amines is 1. The third-order valence-electron chi connectivity index (χ3n) is 3.17. The molecular formula is C16H18N4O. The molecule has 0 fully saturated rings. The van der Waals surface area contributed by atoms with Crippen LogP contribution in [0.2, 0.25) is 0 Å². The monoisotopic (exact) mass is 282 g/mol. The zero-order valence-corrected chi connectivity index (χ0v) is 12.1. The highest BCUT2D eigenvalue weighted by atomic mass is 16.1. The van der Waals surface area contributed by atoms with Crippen LogP contribution in [0.25, 0.3) is 0 Å². The van der Waals surface area contributed by atoms with Crippen molar-refractivity contribution in [2.24, 2.45) is 5.73 Å². The molecule has 5 heteroatoms.